The maximum Gasteiger partial charge on any atom is 0.00966 e. The van der Waals surface area contributed by atoms with Crippen molar-refractivity contribution in [2.75, 3.05) is 6.54 Å². The highest BCUT2D eigenvalue weighted by molar-refractivity contribution is 5.28. The Morgan fingerprint density at radius 2 is 1.53 bits per heavy atom. The highest BCUT2D eigenvalue weighted by Crippen LogP contribution is 2.19. The largest absolute Gasteiger partial charge is 0.312 e. The topological polar surface area (TPSA) is 12.0 Å². The Balaban J connectivity index is 2.72. The van der Waals surface area contributed by atoms with Gasteiger partial charge >= 0.3 is 0 Å². The van der Waals surface area contributed by atoms with Crippen molar-refractivity contribution in [2.45, 2.75) is 60.4 Å². The maximum atomic E-state index is 3.65. The standard InChI is InChI=1S/C18H31N/c1-13(2)17(12-19-18(5,6)7)11-16-9-14(3)8-15(4)10-16/h8-10,13,17,19H,11-12H2,1-7H3. The molecule has 1 atom stereocenters. The van der Waals surface area contributed by atoms with E-state index in [1.165, 1.54) is 23.1 Å². The lowest BCUT2D eigenvalue weighted by Gasteiger charge is -2.28. The first-order chi connectivity index (χ1) is 8.67. The van der Waals surface area contributed by atoms with Crippen LogP contribution in [0.3, 0.4) is 0 Å². The monoisotopic (exact) mass is 261 g/mol. The first-order valence-electron chi connectivity index (χ1n) is 7.49. The average molecular weight is 261 g/mol. The molecule has 1 aromatic rings. The number of aryl methyl sites for hydroxylation is 2. The lowest BCUT2D eigenvalue weighted by Crippen LogP contribution is -2.40. The van der Waals surface area contributed by atoms with Gasteiger partial charge in [0.25, 0.3) is 0 Å². The fourth-order valence-corrected chi connectivity index (χ4v) is 2.47. The van der Waals surface area contributed by atoms with Gasteiger partial charge in [-0.15, -0.1) is 0 Å². The summed E-state index contributed by atoms with van der Waals surface area (Å²) < 4.78 is 0. The molecule has 0 aliphatic carbocycles. The van der Waals surface area contributed by atoms with Gasteiger partial charge in [-0.3, -0.25) is 0 Å². The Labute approximate surface area is 119 Å². The van der Waals surface area contributed by atoms with Crippen LogP contribution in [0.2, 0.25) is 0 Å². The van der Waals surface area contributed by atoms with E-state index in [4.69, 9.17) is 0 Å². The third-order valence-electron chi connectivity index (χ3n) is 3.62. The summed E-state index contributed by atoms with van der Waals surface area (Å²) in [5, 5.41) is 3.65. The lowest BCUT2D eigenvalue weighted by molar-refractivity contribution is 0.312. The van der Waals surface area contributed by atoms with Crippen LogP contribution in [0.5, 0.6) is 0 Å². The van der Waals surface area contributed by atoms with Crippen molar-refractivity contribution in [3.8, 4) is 0 Å². The average Bonchev–Trinajstić information content (AvgIpc) is 2.20. The van der Waals surface area contributed by atoms with Crippen LogP contribution in [0.25, 0.3) is 0 Å². The molecule has 0 saturated carbocycles. The minimum atomic E-state index is 0.204. The van der Waals surface area contributed by atoms with E-state index in [1.54, 1.807) is 0 Å². The molecular weight excluding hydrogens is 230 g/mol. The minimum absolute atomic E-state index is 0.204. The summed E-state index contributed by atoms with van der Waals surface area (Å²) in [4.78, 5) is 0. The Morgan fingerprint density at radius 3 is 1.95 bits per heavy atom. The van der Waals surface area contributed by atoms with Crippen LogP contribution < -0.4 is 5.32 Å². The second kappa shape index (κ2) is 6.56. The van der Waals surface area contributed by atoms with Gasteiger partial charge in [0.15, 0.2) is 0 Å². The molecule has 108 valence electrons. The van der Waals surface area contributed by atoms with E-state index in [2.05, 4.69) is 72.0 Å². The molecule has 1 heteroatoms. The van der Waals surface area contributed by atoms with Crippen LogP contribution in [-0.4, -0.2) is 12.1 Å². The first-order valence-corrected chi connectivity index (χ1v) is 7.49. The molecule has 0 aromatic heterocycles. The smallest absolute Gasteiger partial charge is 0.00966 e. The number of rotatable bonds is 5. The molecule has 0 spiro atoms. The molecular formula is C18H31N. The van der Waals surface area contributed by atoms with Crippen LogP contribution in [0, 0.1) is 25.7 Å². The fraction of sp³-hybridized carbons (Fsp3) is 0.667. The van der Waals surface area contributed by atoms with E-state index in [0.717, 1.165) is 6.54 Å². The molecule has 0 aliphatic heterocycles. The molecule has 0 radical (unpaired) electrons. The van der Waals surface area contributed by atoms with Gasteiger partial charge in [0.1, 0.15) is 0 Å². The SMILES string of the molecule is Cc1cc(C)cc(CC(CNC(C)(C)C)C(C)C)c1. The maximum absolute atomic E-state index is 3.65. The van der Waals surface area contributed by atoms with Crippen molar-refractivity contribution in [1.29, 1.82) is 0 Å². The number of hydrogen-bond acceptors (Lipinski definition) is 1. The van der Waals surface area contributed by atoms with Crippen molar-refractivity contribution >= 4 is 0 Å². The molecule has 1 nitrogen and oxygen atoms in total. The normalized spacial score (nSPS) is 13.9. The molecule has 0 fully saturated rings. The summed E-state index contributed by atoms with van der Waals surface area (Å²) in [6.07, 6.45) is 1.17. The summed E-state index contributed by atoms with van der Waals surface area (Å²) in [5.41, 5.74) is 4.44. The quantitative estimate of drug-likeness (QED) is 0.822. The summed E-state index contributed by atoms with van der Waals surface area (Å²) >= 11 is 0. The second-order valence-corrected chi connectivity index (χ2v) is 7.34. The number of nitrogens with one attached hydrogen (secondary N) is 1. The summed E-state index contributed by atoms with van der Waals surface area (Å²) in [7, 11) is 0. The molecule has 1 unspecified atom stereocenters. The Hall–Kier alpha value is -0.820. The summed E-state index contributed by atoms with van der Waals surface area (Å²) in [6.45, 7) is 16.8. The van der Waals surface area contributed by atoms with Gasteiger partial charge in [0, 0.05) is 5.54 Å². The van der Waals surface area contributed by atoms with Crippen LogP contribution >= 0.6 is 0 Å². The zero-order valence-corrected chi connectivity index (χ0v) is 13.8. The predicted molar refractivity (Wildman–Crippen MR) is 85.7 cm³/mol. The lowest BCUT2D eigenvalue weighted by atomic mass is 9.87. The second-order valence-electron chi connectivity index (χ2n) is 7.34. The highest BCUT2D eigenvalue weighted by atomic mass is 14.9. The van der Waals surface area contributed by atoms with Gasteiger partial charge < -0.3 is 5.32 Å². The van der Waals surface area contributed by atoms with Crippen LogP contribution in [0.4, 0.5) is 0 Å². The van der Waals surface area contributed by atoms with Crippen LogP contribution in [-0.2, 0) is 6.42 Å². The van der Waals surface area contributed by atoms with Crippen molar-refractivity contribution in [3.05, 3.63) is 34.9 Å². The Morgan fingerprint density at radius 1 is 1.00 bits per heavy atom. The number of benzene rings is 1. The zero-order chi connectivity index (χ0) is 14.6. The molecule has 19 heavy (non-hydrogen) atoms. The molecule has 0 heterocycles. The molecule has 1 N–H and O–H groups in total. The van der Waals surface area contributed by atoms with Gasteiger partial charge in [-0.1, -0.05) is 43.2 Å². The molecule has 0 saturated heterocycles. The molecule has 0 aliphatic rings. The zero-order valence-electron chi connectivity index (χ0n) is 13.8. The van der Waals surface area contributed by atoms with Gasteiger partial charge in [0.2, 0.25) is 0 Å². The van der Waals surface area contributed by atoms with E-state index in [1.807, 2.05) is 0 Å². The van der Waals surface area contributed by atoms with Gasteiger partial charge in [-0.05, 0) is 65.0 Å². The van der Waals surface area contributed by atoms with E-state index < -0.39 is 0 Å². The fourth-order valence-electron chi connectivity index (χ4n) is 2.47. The summed E-state index contributed by atoms with van der Waals surface area (Å²) in [6, 6.07) is 6.92. The molecule has 0 bridgehead atoms. The van der Waals surface area contributed by atoms with Crippen molar-refractivity contribution in [2.24, 2.45) is 11.8 Å². The van der Waals surface area contributed by atoms with E-state index >= 15 is 0 Å². The molecule has 1 rings (SSSR count). The van der Waals surface area contributed by atoms with E-state index in [0.29, 0.717) is 11.8 Å². The van der Waals surface area contributed by atoms with E-state index in [9.17, 15) is 0 Å². The number of hydrogen-bond donors (Lipinski definition) is 1. The van der Waals surface area contributed by atoms with E-state index in [-0.39, 0.29) is 5.54 Å². The van der Waals surface area contributed by atoms with Gasteiger partial charge in [0.05, 0.1) is 0 Å². The van der Waals surface area contributed by atoms with Crippen molar-refractivity contribution in [1.82, 2.24) is 5.32 Å². The predicted octanol–water partition coefficient (Wildman–Crippen LogP) is 4.51. The highest BCUT2D eigenvalue weighted by Gasteiger charge is 2.17. The van der Waals surface area contributed by atoms with Crippen molar-refractivity contribution < 1.29 is 0 Å². The van der Waals surface area contributed by atoms with Crippen LogP contribution in [0.15, 0.2) is 18.2 Å². The first kappa shape index (κ1) is 16.2. The molecule has 0 amide bonds. The third-order valence-corrected chi connectivity index (χ3v) is 3.62. The Bertz CT molecular complexity index is 378. The third kappa shape index (κ3) is 6.24. The summed E-state index contributed by atoms with van der Waals surface area (Å²) in [5.74, 6) is 1.40. The van der Waals surface area contributed by atoms with Crippen molar-refractivity contribution in [3.63, 3.8) is 0 Å². The Kier molecular flexibility index (Phi) is 5.61. The van der Waals surface area contributed by atoms with Gasteiger partial charge in [-0.25, -0.2) is 0 Å². The molecule has 1 aromatic carbocycles. The van der Waals surface area contributed by atoms with Crippen LogP contribution in [0.1, 0.15) is 51.3 Å². The minimum Gasteiger partial charge on any atom is -0.312 e. The van der Waals surface area contributed by atoms with Gasteiger partial charge in [-0.2, -0.15) is 0 Å².